The molecule has 0 aliphatic heterocycles. The van der Waals surface area contributed by atoms with E-state index in [1.54, 1.807) is 12.4 Å². The van der Waals surface area contributed by atoms with Crippen LogP contribution >= 0.6 is 0 Å². The highest BCUT2D eigenvalue weighted by molar-refractivity contribution is 5.85. The summed E-state index contributed by atoms with van der Waals surface area (Å²) in [5.74, 6) is 0. The Morgan fingerprint density at radius 2 is 1.62 bits per heavy atom. The molecule has 3 N–H and O–H groups in total. The first-order chi connectivity index (χ1) is 12.8. The lowest BCUT2D eigenvalue weighted by Gasteiger charge is -2.09. The number of fused-ring (bicyclic) bond motifs is 1. The maximum Gasteiger partial charge on any atom is 0.0486 e. The molecule has 26 heavy (non-hydrogen) atoms. The van der Waals surface area contributed by atoms with Crippen LogP contribution in [0.1, 0.15) is 11.1 Å². The number of aromatic nitrogens is 2. The van der Waals surface area contributed by atoms with Crippen molar-refractivity contribution in [1.82, 2.24) is 9.97 Å². The van der Waals surface area contributed by atoms with E-state index in [4.69, 9.17) is 0 Å². The van der Waals surface area contributed by atoms with E-state index >= 15 is 0 Å². The second-order valence-electron chi connectivity index (χ2n) is 6.43. The third-order valence-corrected chi connectivity index (χ3v) is 4.59. The van der Waals surface area contributed by atoms with Gasteiger partial charge in [0.15, 0.2) is 0 Å². The Labute approximate surface area is 153 Å². The summed E-state index contributed by atoms with van der Waals surface area (Å²) >= 11 is 0. The van der Waals surface area contributed by atoms with Crippen LogP contribution < -0.4 is 10.6 Å². The Morgan fingerprint density at radius 1 is 0.885 bits per heavy atom. The van der Waals surface area contributed by atoms with E-state index in [-0.39, 0.29) is 0 Å². The summed E-state index contributed by atoms with van der Waals surface area (Å²) in [6.45, 7) is 3.04. The first-order valence-corrected chi connectivity index (χ1v) is 8.86. The second-order valence-corrected chi connectivity index (χ2v) is 6.43. The number of nitrogens with zero attached hydrogens (tertiary/aromatic N) is 1. The summed E-state index contributed by atoms with van der Waals surface area (Å²) in [4.78, 5) is 7.42. The van der Waals surface area contributed by atoms with Crippen LogP contribution in [0.15, 0.2) is 73.2 Å². The maximum atomic E-state index is 4.03. The molecule has 2 heterocycles. The normalized spacial score (nSPS) is 10.8. The fourth-order valence-corrected chi connectivity index (χ4v) is 3.19. The number of anilines is 3. The highest BCUT2D eigenvalue weighted by atomic mass is 14.9. The van der Waals surface area contributed by atoms with E-state index in [1.165, 1.54) is 22.0 Å². The third kappa shape index (κ3) is 3.54. The zero-order chi connectivity index (χ0) is 17.8. The first kappa shape index (κ1) is 16.2. The van der Waals surface area contributed by atoms with Gasteiger partial charge < -0.3 is 15.6 Å². The van der Waals surface area contributed by atoms with Crippen LogP contribution in [0.4, 0.5) is 17.1 Å². The number of para-hydroxylation sites is 1. The van der Waals surface area contributed by atoms with Crippen LogP contribution in [0.5, 0.6) is 0 Å². The van der Waals surface area contributed by atoms with E-state index in [9.17, 15) is 0 Å². The molecule has 0 saturated heterocycles. The molecule has 0 bridgehead atoms. The number of aromatic amines is 1. The summed E-state index contributed by atoms with van der Waals surface area (Å²) in [6.07, 6.45) is 6.68. The Kier molecular flexibility index (Phi) is 4.56. The van der Waals surface area contributed by atoms with Gasteiger partial charge in [0.05, 0.1) is 0 Å². The fraction of sp³-hybridized carbons (Fsp3) is 0.136. The van der Waals surface area contributed by atoms with Gasteiger partial charge in [0, 0.05) is 53.1 Å². The number of hydrogen-bond donors (Lipinski definition) is 3. The topological polar surface area (TPSA) is 52.7 Å². The number of H-pyrrole nitrogens is 1. The van der Waals surface area contributed by atoms with Crippen molar-refractivity contribution in [3.05, 3.63) is 84.3 Å². The molecule has 4 aromatic rings. The Bertz CT molecular complexity index is 988. The molecular formula is C22H22N4. The summed E-state index contributed by atoms with van der Waals surface area (Å²) in [5.41, 5.74) is 7.12. The average Bonchev–Trinajstić information content (AvgIpc) is 3.09. The molecule has 0 spiro atoms. The Hall–Kier alpha value is -3.27. The lowest BCUT2D eigenvalue weighted by Crippen LogP contribution is -2.04. The molecule has 0 unspecified atom stereocenters. The number of rotatable bonds is 6. The molecule has 4 rings (SSSR count). The van der Waals surface area contributed by atoms with Crippen LogP contribution in [0, 0.1) is 6.92 Å². The standard InChI is InChI=1S/C22H22N4/c1-16-3-2-4-21-17(15-25-22(16)21)9-14-24-18-5-7-19(8-6-18)26-20-10-12-23-13-11-20/h2-8,10-13,15,24-25H,9,14H2,1H3,(H,23,26). The molecule has 0 fully saturated rings. The summed E-state index contributed by atoms with van der Waals surface area (Å²) in [6, 6.07) is 18.7. The van der Waals surface area contributed by atoms with Crippen molar-refractivity contribution in [2.75, 3.05) is 17.2 Å². The number of pyridine rings is 1. The van der Waals surface area contributed by atoms with Gasteiger partial charge in [-0.3, -0.25) is 4.98 Å². The van der Waals surface area contributed by atoms with Gasteiger partial charge in [0.1, 0.15) is 0 Å². The molecule has 0 saturated carbocycles. The minimum Gasteiger partial charge on any atom is -0.385 e. The first-order valence-electron chi connectivity index (χ1n) is 8.86. The Morgan fingerprint density at radius 3 is 2.42 bits per heavy atom. The number of nitrogens with one attached hydrogen (secondary N) is 3. The van der Waals surface area contributed by atoms with Crippen molar-refractivity contribution < 1.29 is 0 Å². The highest BCUT2D eigenvalue weighted by Crippen LogP contribution is 2.22. The van der Waals surface area contributed by atoms with Gasteiger partial charge in [0.2, 0.25) is 0 Å². The Balaban J connectivity index is 1.35. The van der Waals surface area contributed by atoms with Gasteiger partial charge in [-0.05, 0) is 60.9 Å². The third-order valence-electron chi connectivity index (χ3n) is 4.59. The molecule has 0 radical (unpaired) electrons. The van der Waals surface area contributed by atoms with E-state index < -0.39 is 0 Å². The van der Waals surface area contributed by atoms with Crippen molar-refractivity contribution in [1.29, 1.82) is 0 Å². The van der Waals surface area contributed by atoms with Gasteiger partial charge in [0.25, 0.3) is 0 Å². The monoisotopic (exact) mass is 342 g/mol. The molecular weight excluding hydrogens is 320 g/mol. The molecule has 4 nitrogen and oxygen atoms in total. The van der Waals surface area contributed by atoms with E-state index in [0.717, 1.165) is 30.0 Å². The number of hydrogen-bond acceptors (Lipinski definition) is 3. The quantitative estimate of drug-likeness (QED) is 0.447. The van der Waals surface area contributed by atoms with Crippen molar-refractivity contribution in [3.8, 4) is 0 Å². The van der Waals surface area contributed by atoms with Gasteiger partial charge in [-0.1, -0.05) is 18.2 Å². The van der Waals surface area contributed by atoms with Gasteiger partial charge in [-0.2, -0.15) is 0 Å². The smallest absolute Gasteiger partial charge is 0.0486 e. The maximum absolute atomic E-state index is 4.03. The van der Waals surface area contributed by atoms with Gasteiger partial charge in [-0.25, -0.2) is 0 Å². The zero-order valence-electron chi connectivity index (χ0n) is 14.8. The van der Waals surface area contributed by atoms with Crippen molar-refractivity contribution in [2.45, 2.75) is 13.3 Å². The van der Waals surface area contributed by atoms with Crippen molar-refractivity contribution in [3.63, 3.8) is 0 Å². The van der Waals surface area contributed by atoms with Crippen LogP contribution in [0.3, 0.4) is 0 Å². The lowest BCUT2D eigenvalue weighted by molar-refractivity contribution is 1.03. The molecule has 0 amide bonds. The lowest BCUT2D eigenvalue weighted by atomic mass is 10.1. The molecule has 0 aliphatic carbocycles. The summed E-state index contributed by atoms with van der Waals surface area (Å²) in [5, 5.41) is 8.19. The van der Waals surface area contributed by atoms with Gasteiger partial charge >= 0.3 is 0 Å². The molecule has 2 aromatic carbocycles. The van der Waals surface area contributed by atoms with E-state index in [2.05, 4.69) is 76.2 Å². The molecule has 130 valence electrons. The van der Waals surface area contributed by atoms with Crippen LogP contribution in [-0.2, 0) is 6.42 Å². The van der Waals surface area contributed by atoms with E-state index in [1.807, 2.05) is 12.1 Å². The number of benzene rings is 2. The average molecular weight is 342 g/mol. The molecule has 0 atom stereocenters. The zero-order valence-corrected chi connectivity index (χ0v) is 14.8. The van der Waals surface area contributed by atoms with Crippen molar-refractivity contribution >= 4 is 28.0 Å². The van der Waals surface area contributed by atoms with Crippen LogP contribution in [0.25, 0.3) is 10.9 Å². The SMILES string of the molecule is Cc1cccc2c(CCNc3ccc(Nc4ccncc4)cc3)c[nH]c12. The van der Waals surface area contributed by atoms with Gasteiger partial charge in [-0.15, -0.1) is 0 Å². The second kappa shape index (κ2) is 7.31. The summed E-state index contributed by atoms with van der Waals surface area (Å²) < 4.78 is 0. The van der Waals surface area contributed by atoms with Crippen LogP contribution in [-0.4, -0.2) is 16.5 Å². The predicted molar refractivity (Wildman–Crippen MR) is 109 cm³/mol. The number of aryl methyl sites for hydroxylation is 1. The largest absolute Gasteiger partial charge is 0.385 e. The highest BCUT2D eigenvalue weighted by Gasteiger charge is 2.05. The molecule has 4 heteroatoms. The minimum atomic E-state index is 0.901. The minimum absolute atomic E-state index is 0.901. The fourth-order valence-electron chi connectivity index (χ4n) is 3.19. The predicted octanol–water partition coefficient (Wildman–Crippen LogP) is 5.27. The van der Waals surface area contributed by atoms with Crippen molar-refractivity contribution in [2.24, 2.45) is 0 Å². The van der Waals surface area contributed by atoms with E-state index in [0.29, 0.717) is 0 Å². The molecule has 0 aliphatic rings. The molecule has 2 aromatic heterocycles. The summed E-state index contributed by atoms with van der Waals surface area (Å²) in [7, 11) is 0. The van der Waals surface area contributed by atoms with Crippen LogP contribution in [0.2, 0.25) is 0 Å².